The van der Waals surface area contributed by atoms with Crippen LogP contribution in [0.5, 0.6) is 5.75 Å². The fourth-order valence-electron chi connectivity index (χ4n) is 1.38. The molecule has 100 valence electrons. The summed E-state index contributed by atoms with van der Waals surface area (Å²) >= 11 is 11.6. The maximum Gasteiger partial charge on any atom is 0.310 e. The van der Waals surface area contributed by atoms with E-state index in [2.05, 4.69) is 15.3 Å². The molecule has 0 fully saturated rings. The van der Waals surface area contributed by atoms with Gasteiger partial charge < -0.3 is 10.1 Å². The van der Waals surface area contributed by atoms with Crippen LogP contribution in [-0.2, 0) is 0 Å². The Morgan fingerprint density at radius 3 is 2.45 bits per heavy atom. The van der Waals surface area contributed by atoms with Crippen LogP contribution < -0.4 is 10.1 Å². The van der Waals surface area contributed by atoms with Crippen LogP contribution >= 0.6 is 23.2 Å². The Morgan fingerprint density at radius 1 is 1.20 bits per heavy atom. The van der Waals surface area contributed by atoms with Crippen LogP contribution in [0.25, 0.3) is 0 Å². The highest BCUT2D eigenvalue weighted by Gasteiger charge is 2.06. The van der Waals surface area contributed by atoms with Gasteiger partial charge in [0.15, 0.2) is 0 Å². The molecule has 0 saturated carbocycles. The molecule has 0 aliphatic rings. The number of ether oxygens (including phenoxy) is 1. The number of anilines is 1. The van der Waals surface area contributed by atoms with Crippen LogP contribution in [-0.4, -0.2) is 11.0 Å². The average Bonchev–Trinajstić information content (AvgIpc) is 2.39. The summed E-state index contributed by atoms with van der Waals surface area (Å²) in [5.41, 5.74) is 0.514. The molecule has 7 heteroatoms. The van der Waals surface area contributed by atoms with Gasteiger partial charge in [0, 0.05) is 5.69 Å². The molecule has 0 bridgehead atoms. The van der Waals surface area contributed by atoms with Gasteiger partial charge in [-0.3, -0.25) is 0 Å². The zero-order valence-corrected chi connectivity index (χ0v) is 11.6. The molecule has 0 aliphatic carbocycles. The maximum absolute atomic E-state index is 8.68. The van der Waals surface area contributed by atoms with E-state index < -0.39 is 0 Å². The Morgan fingerprint density at radius 2 is 1.85 bits per heavy atom. The van der Waals surface area contributed by atoms with Crippen LogP contribution in [0.4, 0.5) is 5.69 Å². The number of nitrogens with zero attached hydrogens (tertiary/aromatic N) is 3. The predicted octanol–water partition coefficient (Wildman–Crippen LogP) is 3.72. The van der Waals surface area contributed by atoms with E-state index in [9.17, 15) is 0 Å². The standard InChI is InChI=1S/C13H8Cl2N4O/c14-11-6-9(7-12(15)19-11)18-13(17-8-16)20-10-4-2-1-3-5-10/h1-7H,(H,17,18,19). The zero-order chi connectivity index (χ0) is 14.4. The smallest absolute Gasteiger partial charge is 0.310 e. The second-order valence-electron chi connectivity index (χ2n) is 3.56. The van der Waals surface area contributed by atoms with Crippen molar-refractivity contribution < 1.29 is 4.74 Å². The normalized spacial score (nSPS) is 10.8. The number of para-hydroxylation sites is 1. The van der Waals surface area contributed by atoms with Gasteiger partial charge in [-0.15, -0.1) is 4.99 Å². The van der Waals surface area contributed by atoms with Crippen LogP contribution in [0.3, 0.4) is 0 Å². The third kappa shape index (κ3) is 4.12. The monoisotopic (exact) mass is 306 g/mol. The Labute approximate surface area is 125 Å². The fourth-order valence-corrected chi connectivity index (χ4v) is 1.84. The second-order valence-corrected chi connectivity index (χ2v) is 4.33. The van der Waals surface area contributed by atoms with Gasteiger partial charge in [-0.1, -0.05) is 41.4 Å². The second kappa shape index (κ2) is 6.75. The first kappa shape index (κ1) is 14.1. The van der Waals surface area contributed by atoms with Crippen molar-refractivity contribution in [3.63, 3.8) is 0 Å². The Balaban J connectivity index is 2.18. The molecule has 0 saturated heterocycles. The highest BCUT2D eigenvalue weighted by atomic mass is 35.5. The van der Waals surface area contributed by atoms with Crippen molar-refractivity contribution in [2.45, 2.75) is 0 Å². The SMILES string of the molecule is N#C/N=C(\Nc1cc(Cl)nc(Cl)c1)Oc1ccccc1. The summed E-state index contributed by atoms with van der Waals surface area (Å²) in [6.45, 7) is 0. The summed E-state index contributed by atoms with van der Waals surface area (Å²) < 4.78 is 5.45. The molecule has 5 nitrogen and oxygen atoms in total. The minimum absolute atomic E-state index is 0.0111. The van der Waals surface area contributed by atoms with Crippen molar-refractivity contribution in [1.82, 2.24) is 4.98 Å². The van der Waals surface area contributed by atoms with Gasteiger partial charge in [0.05, 0.1) is 0 Å². The number of aliphatic imine (C=N–C) groups is 1. The molecule has 1 heterocycles. The first-order valence-electron chi connectivity index (χ1n) is 5.47. The summed E-state index contributed by atoms with van der Waals surface area (Å²) in [7, 11) is 0. The molecule has 1 N–H and O–H groups in total. The molecule has 0 spiro atoms. The van der Waals surface area contributed by atoms with Crippen LogP contribution in [0.1, 0.15) is 0 Å². The third-order valence-electron chi connectivity index (χ3n) is 2.12. The number of nitriles is 1. The number of amidine groups is 1. The number of rotatable bonds is 2. The molecule has 2 rings (SSSR count). The number of hydrogen-bond acceptors (Lipinski definition) is 4. The molecule has 1 aromatic heterocycles. The molecule has 0 radical (unpaired) electrons. The lowest BCUT2D eigenvalue weighted by Gasteiger charge is -2.10. The molecule has 0 unspecified atom stereocenters. The third-order valence-corrected chi connectivity index (χ3v) is 2.51. The van der Waals surface area contributed by atoms with Crippen LogP contribution in [0.15, 0.2) is 47.5 Å². The van der Waals surface area contributed by atoms with Crippen molar-refractivity contribution in [3.8, 4) is 11.9 Å². The fraction of sp³-hybridized carbons (Fsp3) is 0. The largest absolute Gasteiger partial charge is 0.425 e. The summed E-state index contributed by atoms with van der Waals surface area (Å²) in [4.78, 5) is 7.37. The molecule has 1 aromatic carbocycles. The highest BCUT2D eigenvalue weighted by molar-refractivity contribution is 6.32. The first-order chi connectivity index (χ1) is 9.67. The number of halogens is 2. The molecule has 2 aromatic rings. The Bertz CT molecular complexity index is 648. The topological polar surface area (TPSA) is 70.3 Å². The minimum atomic E-state index is 0.0111. The van der Waals surface area contributed by atoms with Gasteiger partial charge in [0.25, 0.3) is 0 Å². The number of aromatic nitrogens is 1. The molecule has 20 heavy (non-hydrogen) atoms. The molecular weight excluding hydrogens is 299 g/mol. The van der Waals surface area contributed by atoms with E-state index in [0.717, 1.165) is 0 Å². The Hall–Kier alpha value is -2.29. The number of nitrogens with one attached hydrogen (secondary N) is 1. The van der Waals surface area contributed by atoms with Crippen molar-refractivity contribution in [2.24, 2.45) is 4.99 Å². The van der Waals surface area contributed by atoms with Crippen molar-refractivity contribution in [3.05, 3.63) is 52.8 Å². The van der Waals surface area contributed by atoms with E-state index >= 15 is 0 Å². The average molecular weight is 307 g/mol. The van der Waals surface area contributed by atoms with E-state index in [1.165, 1.54) is 12.1 Å². The van der Waals surface area contributed by atoms with Gasteiger partial charge in [0.2, 0.25) is 6.19 Å². The summed E-state index contributed by atoms with van der Waals surface area (Å²) in [6.07, 6.45) is 1.66. The summed E-state index contributed by atoms with van der Waals surface area (Å²) in [5, 5.41) is 11.9. The number of benzene rings is 1. The Kier molecular flexibility index (Phi) is 4.77. The lowest BCUT2D eigenvalue weighted by Crippen LogP contribution is -2.19. The van der Waals surface area contributed by atoms with Gasteiger partial charge >= 0.3 is 6.02 Å². The number of hydrogen-bond donors (Lipinski definition) is 1. The van der Waals surface area contributed by atoms with E-state index in [-0.39, 0.29) is 16.3 Å². The van der Waals surface area contributed by atoms with E-state index in [4.69, 9.17) is 33.2 Å². The minimum Gasteiger partial charge on any atom is -0.425 e. The van der Waals surface area contributed by atoms with Gasteiger partial charge in [-0.2, -0.15) is 5.26 Å². The van der Waals surface area contributed by atoms with Crippen LogP contribution in [0, 0.1) is 11.5 Å². The van der Waals surface area contributed by atoms with E-state index in [1.807, 2.05) is 6.07 Å². The van der Waals surface area contributed by atoms with Gasteiger partial charge in [-0.25, -0.2) is 4.98 Å². The predicted molar refractivity (Wildman–Crippen MR) is 78.0 cm³/mol. The van der Waals surface area contributed by atoms with Crippen molar-refractivity contribution in [2.75, 3.05) is 5.32 Å². The number of pyridine rings is 1. The van der Waals surface area contributed by atoms with Gasteiger partial charge in [0.1, 0.15) is 16.1 Å². The highest BCUT2D eigenvalue weighted by Crippen LogP contribution is 2.19. The van der Waals surface area contributed by atoms with Crippen molar-refractivity contribution >= 4 is 34.9 Å². The molecule has 0 amide bonds. The summed E-state index contributed by atoms with van der Waals surface area (Å²) in [5.74, 6) is 0.542. The van der Waals surface area contributed by atoms with Crippen molar-refractivity contribution in [1.29, 1.82) is 5.26 Å². The summed E-state index contributed by atoms with van der Waals surface area (Å²) in [6, 6.07) is 12.0. The molecular formula is C13H8Cl2N4O. The molecule has 0 atom stereocenters. The van der Waals surface area contributed by atoms with Crippen LogP contribution in [0.2, 0.25) is 10.3 Å². The lowest BCUT2D eigenvalue weighted by molar-refractivity contribution is 0.549. The zero-order valence-electron chi connectivity index (χ0n) is 10.0. The van der Waals surface area contributed by atoms with Gasteiger partial charge in [-0.05, 0) is 24.3 Å². The first-order valence-corrected chi connectivity index (χ1v) is 6.23. The quantitative estimate of drug-likeness (QED) is 0.397. The lowest BCUT2D eigenvalue weighted by atomic mass is 10.3. The maximum atomic E-state index is 8.68. The van der Waals surface area contributed by atoms with E-state index in [0.29, 0.717) is 11.4 Å². The molecule has 0 aliphatic heterocycles. The van der Waals surface area contributed by atoms with E-state index in [1.54, 1.807) is 30.5 Å².